The monoisotopic (exact) mass is 1580 g/mol. The number of para-hydroxylation sites is 2. The SMILES string of the molecule is CCCCCCCCCC(=O)N[C@@H](Cc1c[nH]c2ccccc12)C(=O)N[C@@H](CC(N)=O)C(=O)N[C@@H](CC(=O)O)C(=O)N[C@@H]1C(=O)NCC(=O)N[C@@H](C)C(=O)N[C@@H](CC(=O)O)C(=O)N[C@H](C)C(=O)N[C@@H](CC(=O)O)C(=O)NCC(=O)N[C@H](CO)C(=O)N[C@@H]([C@@H](C)CC(=O)O)C(=O)N[C@@H](CC(=O)c2ccccc2N)C(=O)O[C@@H]1C. The zero-order valence-corrected chi connectivity index (χ0v) is 61.9. The number of ether oxygens (including phenoxy) is 1. The number of aliphatic hydroxyl groups is 1. The molecule has 3 aromatic rings. The van der Waals surface area contributed by atoms with Crippen molar-refractivity contribution in [2.75, 3.05) is 25.4 Å². The van der Waals surface area contributed by atoms with Crippen LogP contribution >= 0.6 is 0 Å². The van der Waals surface area contributed by atoms with Crippen molar-refractivity contribution < 1.29 is 126 Å². The number of nitrogens with two attached hydrogens (primary N) is 2. The maximum atomic E-state index is 14.8. The highest BCUT2D eigenvalue weighted by Gasteiger charge is 2.41. The number of amides is 14. The first-order valence-corrected chi connectivity index (χ1v) is 35.6. The van der Waals surface area contributed by atoms with Gasteiger partial charge in [0.1, 0.15) is 72.6 Å². The van der Waals surface area contributed by atoms with Crippen LogP contribution in [0.1, 0.15) is 140 Å². The van der Waals surface area contributed by atoms with E-state index in [2.05, 4.69) is 59.8 Å². The molecule has 1 aliphatic heterocycles. The zero-order chi connectivity index (χ0) is 83.6. The first-order chi connectivity index (χ1) is 52.8. The van der Waals surface area contributed by atoms with Crippen LogP contribution in [0.25, 0.3) is 10.9 Å². The van der Waals surface area contributed by atoms with Crippen molar-refractivity contribution in [3.8, 4) is 0 Å². The molecule has 4 rings (SSSR count). The molecule has 0 saturated carbocycles. The number of unbranched alkanes of at least 4 members (excludes halogenated alkanes) is 6. The lowest BCUT2D eigenvalue weighted by Gasteiger charge is -2.30. The van der Waals surface area contributed by atoms with Gasteiger partial charge in [0.15, 0.2) is 5.78 Å². The number of nitrogens with one attached hydrogen (secondary N) is 14. The van der Waals surface area contributed by atoms with Crippen LogP contribution in [-0.2, 0) is 102 Å². The van der Waals surface area contributed by atoms with Crippen molar-refractivity contribution in [1.82, 2.24) is 74.1 Å². The number of esters is 1. The molecule has 0 radical (unpaired) electrons. The number of benzene rings is 2. The van der Waals surface area contributed by atoms with Crippen LogP contribution in [0.4, 0.5) is 5.69 Å². The number of aliphatic carboxylic acids is 4. The average Bonchev–Trinajstić information content (AvgIpc) is 1.66. The second-order valence-electron chi connectivity index (χ2n) is 26.5. The van der Waals surface area contributed by atoms with Crippen LogP contribution in [0.15, 0.2) is 54.7 Å². The molecule has 0 spiro atoms. The number of hydrogen-bond donors (Lipinski definition) is 21. The molecule has 13 atom stereocenters. The van der Waals surface area contributed by atoms with Gasteiger partial charge in [0, 0.05) is 47.6 Å². The number of carbonyl (C=O) groups is 20. The van der Waals surface area contributed by atoms with Crippen LogP contribution in [0.5, 0.6) is 0 Å². The number of anilines is 1. The number of carbonyl (C=O) groups excluding carboxylic acids is 16. The number of primary amides is 1. The number of cyclic esters (lactones) is 1. The molecule has 1 fully saturated rings. The number of aliphatic hydroxyl groups excluding tert-OH is 1. The second-order valence-corrected chi connectivity index (χ2v) is 26.5. The summed E-state index contributed by atoms with van der Waals surface area (Å²) >= 11 is 0. The number of Topliss-reactive ketones (excluding diaryl/α,β-unsaturated/α-hetero) is 1. The van der Waals surface area contributed by atoms with Gasteiger partial charge >= 0.3 is 29.8 Å². The Bertz CT molecular complexity index is 3980. The van der Waals surface area contributed by atoms with E-state index in [1.165, 1.54) is 24.3 Å². The summed E-state index contributed by atoms with van der Waals surface area (Å²) in [7, 11) is 0. The van der Waals surface area contributed by atoms with Gasteiger partial charge in [0.05, 0.1) is 51.8 Å². The molecule has 612 valence electrons. The van der Waals surface area contributed by atoms with E-state index in [0.717, 1.165) is 59.8 Å². The van der Waals surface area contributed by atoms with Gasteiger partial charge in [0.25, 0.3) is 0 Å². The maximum absolute atomic E-state index is 14.8. The van der Waals surface area contributed by atoms with Gasteiger partial charge in [-0.2, -0.15) is 0 Å². The van der Waals surface area contributed by atoms with E-state index in [1.807, 2.05) is 21.3 Å². The highest BCUT2D eigenvalue weighted by Crippen LogP contribution is 2.21. The molecular formula is C70H96N16O26. The Balaban J connectivity index is 1.84. The van der Waals surface area contributed by atoms with Crippen molar-refractivity contribution in [2.24, 2.45) is 11.7 Å². The van der Waals surface area contributed by atoms with E-state index in [9.17, 15) is 121 Å². The second kappa shape index (κ2) is 45.4. The third-order valence-electron chi connectivity index (χ3n) is 17.3. The highest BCUT2D eigenvalue weighted by molar-refractivity contribution is 6.05. The molecule has 42 heteroatoms. The minimum absolute atomic E-state index is 0.0151. The van der Waals surface area contributed by atoms with Crippen LogP contribution in [0.2, 0.25) is 0 Å². The van der Waals surface area contributed by atoms with Crippen LogP contribution in [0.3, 0.4) is 0 Å². The average molecular weight is 1580 g/mol. The molecule has 1 aromatic heterocycles. The van der Waals surface area contributed by atoms with Crippen molar-refractivity contribution >= 4 is 135 Å². The molecule has 1 aliphatic rings. The Morgan fingerprint density at radius 3 is 1.65 bits per heavy atom. The lowest BCUT2D eigenvalue weighted by Crippen LogP contribution is -2.61. The fraction of sp³-hybridized carbons (Fsp3) is 0.514. The Morgan fingerprint density at radius 1 is 0.536 bits per heavy atom. The molecule has 0 bridgehead atoms. The number of H-pyrrole nitrogens is 1. The first-order valence-electron chi connectivity index (χ1n) is 35.6. The summed E-state index contributed by atoms with van der Waals surface area (Å²) in [6.45, 7) is 2.30. The van der Waals surface area contributed by atoms with E-state index in [-0.39, 0.29) is 24.1 Å². The van der Waals surface area contributed by atoms with Crippen LogP contribution < -0.4 is 80.6 Å². The van der Waals surface area contributed by atoms with E-state index >= 15 is 0 Å². The summed E-state index contributed by atoms with van der Waals surface area (Å²) in [4.78, 5) is 274. The third-order valence-corrected chi connectivity index (χ3v) is 17.3. The Hall–Kier alpha value is -12.7. The first kappa shape index (κ1) is 91.7. The summed E-state index contributed by atoms with van der Waals surface area (Å²) in [5.74, 6) is -29.6. The zero-order valence-electron chi connectivity index (χ0n) is 61.9. The molecule has 112 heavy (non-hydrogen) atoms. The van der Waals surface area contributed by atoms with Gasteiger partial charge in [0.2, 0.25) is 82.7 Å². The molecule has 42 nitrogen and oxygen atoms in total. The van der Waals surface area contributed by atoms with E-state index in [1.54, 1.807) is 30.5 Å². The number of aromatic amines is 1. The van der Waals surface area contributed by atoms with E-state index in [4.69, 9.17) is 16.2 Å². The van der Waals surface area contributed by atoms with Gasteiger partial charge in [-0.15, -0.1) is 0 Å². The lowest BCUT2D eigenvalue weighted by molar-refractivity contribution is -0.156. The Kier molecular flexibility index (Phi) is 37.1. The minimum atomic E-state index is -2.43. The van der Waals surface area contributed by atoms with Gasteiger partial charge < -0.3 is 116 Å². The van der Waals surface area contributed by atoms with Crippen molar-refractivity contribution in [1.29, 1.82) is 0 Å². The van der Waals surface area contributed by atoms with Crippen LogP contribution in [0, 0.1) is 5.92 Å². The van der Waals surface area contributed by atoms with Gasteiger partial charge in [-0.25, -0.2) is 4.79 Å². The summed E-state index contributed by atoms with van der Waals surface area (Å²) in [6.07, 6.45) is -1.75. The minimum Gasteiger partial charge on any atom is -0.481 e. The predicted octanol–water partition coefficient (Wildman–Crippen LogP) is -5.34. The predicted molar refractivity (Wildman–Crippen MR) is 388 cm³/mol. The molecule has 2 aromatic carbocycles. The van der Waals surface area contributed by atoms with Crippen LogP contribution in [-0.4, -0.2) is 241 Å². The number of rotatable bonds is 32. The Labute approximate surface area is 639 Å². The van der Waals surface area contributed by atoms with Crippen molar-refractivity contribution in [3.05, 3.63) is 65.9 Å². The number of nitrogen functional groups attached to an aromatic ring is 1. The topological polar surface area (TPSA) is 676 Å². The van der Waals surface area contributed by atoms with Gasteiger partial charge in [-0.3, -0.25) is 91.1 Å². The number of carboxylic acids is 4. The standard InChI is InChI=1S/C70H96N16O26/c1-6-7-8-9-10-11-12-21-51(90)78-42(23-37-29-73-41-20-16-14-17-38(37)41)64(105)82-43(25-50(72)89)65(106)83-46(28-57(99)100)66(107)86-59-36(5)112-70(111)47(24-49(88)39-18-13-15-19-40(39)71)84-69(110)58(33(2)22-54(93)94)85-67(108)48(32-87)79-53(92)31-74-62(103)44(26-55(95)96)80-61(102)35(4)77-63(104)45(27-56(97)98)81-60(101)34(3)76-52(91)30-75-68(59)109/h13-20,29,33-36,42-48,58-59,73,87H,6-12,21-28,30-32,71H2,1-5H3,(H2,72,89)(H,74,103)(H,75,109)(H,76,91)(H,77,104)(H,78,90)(H,79,92)(H,80,102)(H,81,101)(H,82,105)(H,83,106)(H,84,110)(H,85,108)(H,86,107)(H,93,94)(H,95,96)(H,97,98)(H,99,100)/t33-,34-,35+,36+,42-,43-,44-,45-,46-,47-,48+,58-,59-/m0/s1. The largest absolute Gasteiger partial charge is 0.481 e. The Morgan fingerprint density at radius 2 is 1.06 bits per heavy atom. The fourth-order valence-corrected chi connectivity index (χ4v) is 11.3. The quantitative estimate of drug-likeness (QED) is 0.0120. The number of aromatic nitrogens is 1. The smallest absolute Gasteiger partial charge is 0.329 e. The molecule has 2 heterocycles. The van der Waals surface area contributed by atoms with E-state index < -0.39 is 255 Å². The van der Waals surface area contributed by atoms with Crippen molar-refractivity contribution in [2.45, 2.75) is 203 Å². The summed E-state index contributed by atoms with van der Waals surface area (Å²) in [5.41, 5.74) is 12.3. The van der Waals surface area contributed by atoms with Crippen molar-refractivity contribution in [3.63, 3.8) is 0 Å². The molecular weight excluding hydrogens is 1480 g/mol. The normalized spacial score (nSPS) is 21.4. The molecule has 14 amide bonds. The number of fused-ring (bicyclic) bond motifs is 1. The highest BCUT2D eigenvalue weighted by atomic mass is 16.5. The molecule has 0 aliphatic carbocycles. The molecule has 0 unspecified atom stereocenters. The van der Waals surface area contributed by atoms with E-state index in [0.29, 0.717) is 29.3 Å². The number of ketones is 1. The van der Waals surface area contributed by atoms with Gasteiger partial charge in [-0.05, 0) is 56.9 Å². The molecule has 1 saturated heterocycles. The van der Waals surface area contributed by atoms with Gasteiger partial charge in [-0.1, -0.05) is 82.7 Å². The third kappa shape index (κ3) is 30.8. The number of hydrogen-bond acceptors (Lipinski definition) is 23. The summed E-state index contributed by atoms with van der Waals surface area (Å²) in [5, 5.41) is 78.1. The fourth-order valence-electron chi connectivity index (χ4n) is 11.3. The summed E-state index contributed by atoms with van der Waals surface area (Å²) in [6, 6.07) is -10.4. The lowest BCUT2D eigenvalue weighted by atomic mass is 9.96. The molecule has 23 N–H and O–H groups in total. The summed E-state index contributed by atoms with van der Waals surface area (Å²) < 4.78 is 5.65. The maximum Gasteiger partial charge on any atom is 0.329 e. The number of carboxylic acid groups (broad SMARTS) is 4.